The molecule has 0 aliphatic heterocycles. The number of halogens is 2. The van der Waals surface area contributed by atoms with Crippen LogP contribution in [0.1, 0.15) is 11.1 Å². The van der Waals surface area contributed by atoms with Crippen molar-refractivity contribution in [3.63, 3.8) is 0 Å². The largest absolute Gasteiger partial charge is 0.397 e. The second-order valence-corrected chi connectivity index (χ2v) is 5.45. The molecule has 5 N–H and O–H groups in total. The van der Waals surface area contributed by atoms with E-state index in [1.165, 1.54) is 17.2 Å². The van der Waals surface area contributed by atoms with Crippen LogP contribution in [0.3, 0.4) is 0 Å². The van der Waals surface area contributed by atoms with Gasteiger partial charge >= 0.3 is 0 Å². The van der Waals surface area contributed by atoms with Gasteiger partial charge in [-0.05, 0) is 30.0 Å². The van der Waals surface area contributed by atoms with Crippen molar-refractivity contribution in [3.8, 4) is 0 Å². The van der Waals surface area contributed by atoms with Crippen molar-refractivity contribution in [2.45, 2.75) is 18.9 Å². The van der Waals surface area contributed by atoms with Gasteiger partial charge in [-0.3, -0.25) is 0 Å². The normalized spacial score (nSPS) is 14.3. The molecule has 1 aliphatic carbocycles. The van der Waals surface area contributed by atoms with Crippen LogP contribution in [0, 0.1) is 5.82 Å². The number of hydrogen-bond acceptors (Lipinski definition) is 3. The lowest BCUT2D eigenvalue weighted by Gasteiger charge is -2.17. The zero-order valence-electron chi connectivity index (χ0n) is 10.8. The van der Waals surface area contributed by atoms with E-state index in [-0.39, 0.29) is 28.1 Å². The van der Waals surface area contributed by atoms with Crippen LogP contribution in [0.2, 0.25) is 5.02 Å². The van der Waals surface area contributed by atoms with Gasteiger partial charge in [0.05, 0.1) is 17.1 Å². The summed E-state index contributed by atoms with van der Waals surface area (Å²) in [6, 6.07) is 9.80. The minimum absolute atomic E-state index is 0.0859. The van der Waals surface area contributed by atoms with Crippen molar-refractivity contribution in [2.75, 3.05) is 16.8 Å². The summed E-state index contributed by atoms with van der Waals surface area (Å²) in [7, 11) is 0. The smallest absolute Gasteiger partial charge is 0.169 e. The Labute approximate surface area is 121 Å². The number of rotatable bonds is 2. The third kappa shape index (κ3) is 2.16. The van der Waals surface area contributed by atoms with Crippen molar-refractivity contribution < 1.29 is 4.39 Å². The molecule has 3 nitrogen and oxygen atoms in total. The zero-order chi connectivity index (χ0) is 14.3. The van der Waals surface area contributed by atoms with Crippen molar-refractivity contribution >= 4 is 28.7 Å². The average Bonchev–Trinajstić information content (AvgIpc) is 2.83. The van der Waals surface area contributed by atoms with Gasteiger partial charge in [-0.1, -0.05) is 35.9 Å². The van der Waals surface area contributed by atoms with E-state index >= 15 is 0 Å². The molecule has 0 spiro atoms. The Bertz CT molecular complexity index is 647. The van der Waals surface area contributed by atoms with Gasteiger partial charge in [-0.25, -0.2) is 4.39 Å². The van der Waals surface area contributed by atoms with Crippen LogP contribution in [0.25, 0.3) is 0 Å². The summed E-state index contributed by atoms with van der Waals surface area (Å²) in [4.78, 5) is 0. The molecule has 0 saturated carbocycles. The maximum atomic E-state index is 14.2. The molecule has 0 radical (unpaired) electrons. The molecule has 0 saturated heterocycles. The highest BCUT2D eigenvalue weighted by Gasteiger charge is 2.23. The molecule has 0 unspecified atom stereocenters. The number of fused-ring (bicyclic) bond motifs is 1. The monoisotopic (exact) mass is 291 g/mol. The van der Waals surface area contributed by atoms with Crippen molar-refractivity contribution in [2.24, 2.45) is 0 Å². The van der Waals surface area contributed by atoms with Crippen LogP contribution < -0.4 is 16.8 Å². The lowest BCUT2D eigenvalue weighted by atomic mass is 10.1. The molecule has 2 aromatic rings. The van der Waals surface area contributed by atoms with Crippen LogP contribution >= 0.6 is 11.6 Å². The Morgan fingerprint density at radius 1 is 1.10 bits per heavy atom. The van der Waals surface area contributed by atoms with E-state index in [0.717, 1.165) is 12.8 Å². The molecule has 0 heterocycles. The first-order valence-electron chi connectivity index (χ1n) is 6.42. The minimum atomic E-state index is -0.583. The molecule has 2 aromatic carbocycles. The Hall–Kier alpha value is -1.94. The Kier molecular flexibility index (Phi) is 3.18. The maximum absolute atomic E-state index is 14.2. The van der Waals surface area contributed by atoms with Gasteiger partial charge in [0.15, 0.2) is 5.82 Å². The zero-order valence-corrected chi connectivity index (χ0v) is 11.5. The van der Waals surface area contributed by atoms with E-state index < -0.39 is 5.82 Å². The summed E-state index contributed by atoms with van der Waals surface area (Å²) in [5, 5.41) is 3.07. The first-order chi connectivity index (χ1) is 9.56. The molecule has 0 aromatic heterocycles. The number of anilines is 3. The van der Waals surface area contributed by atoms with Gasteiger partial charge < -0.3 is 16.8 Å². The molecule has 1 aliphatic rings. The Balaban J connectivity index is 1.86. The van der Waals surface area contributed by atoms with Gasteiger partial charge in [0.25, 0.3) is 0 Å². The van der Waals surface area contributed by atoms with E-state index in [1.807, 2.05) is 12.1 Å². The molecule has 20 heavy (non-hydrogen) atoms. The highest BCUT2D eigenvalue weighted by atomic mass is 35.5. The van der Waals surface area contributed by atoms with Gasteiger partial charge in [-0.2, -0.15) is 0 Å². The summed E-state index contributed by atoms with van der Waals surface area (Å²) in [5.41, 5.74) is 14.7. The first-order valence-corrected chi connectivity index (χ1v) is 6.80. The van der Waals surface area contributed by atoms with Crippen molar-refractivity contribution in [3.05, 3.63) is 52.3 Å². The highest BCUT2D eigenvalue weighted by Crippen LogP contribution is 2.35. The van der Waals surface area contributed by atoms with E-state index in [4.69, 9.17) is 23.1 Å². The number of nitrogen functional groups attached to an aromatic ring is 2. The van der Waals surface area contributed by atoms with Crippen LogP contribution in [-0.2, 0) is 12.8 Å². The maximum Gasteiger partial charge on any atom is 0.169 e. The summed E-state index contributed by atoms with van der Waals surface area (Å²) in [6.45, 7) is 0. The number of nitrogens with two attached hydrogens (primary N) is 2. The number of hydrogen-bond donors (Lipinski definition) is 3. The lowest BCUT2D eigenvalue weighted by molar-refractivity contribution is 0.626. The van der Waals surface area contributed by atoms with E-state index in [9.17, 15) is 4.39 Å². The quantitative estimate of drug-likeness (QED) is 0.744. The van der Waals surface area contributed by atoms with Crippen LogP contribution in [0.15, 0.2) is 30.3 Å². The topological polar surface area (TPSA) is 64.1 Å². The Morgan fingerprint density at radius 3 is 2.30 bits per heavy atom. The lowest BCUT2D eigenvalue weighted by Crippen LogP contribution is -2.21. The fourth-order valence-corrected chi connectivity index (χ4v) is 2.83. The van der Waals surface area contributed by atoms with Crippen molar-refractivity contribution in [1.82, 2.24) is 0 Å². The standard InChI is InChI=1S/C15H15ClFN3/c16-13-11(18)7-12(19)15(14(13)17)20-10-5-8-3-1-2-4-9(8)6-10/h1-4,7,10,20H,5-6,18-19H2. The fraction of sp³-hybridized carbons (Fsp3) is 0.200. The molecule has 0 atom stereocenters. The van der Waals surface area contributed by atoms with Crippen molar-refractivity contribution in [1.29, 1.82) is 0 Å². The second-order valence-electron chi connectivity index (χ2n) is 5.08. The van der Waals surface area contributed by atoms with Crippen LogP contribution in [-0.4, -0.2) is 6.04 Å². The number of nitrogens with one attached hydrogen (secondary N) is 1. The summed E-state index contributed by atoms with van der Waals surface area (Å²) < 4.78 is 14.2. The molecule has 0 amide bonds. The van der Waals surface area contributed by atoms with Gasteiger partial charge in [-0.15, -0.1) is 0 Å². The third-order valence-electron chi connectivity index (χ3n) is 3.66. The summed E-state index contributed by atoms with van der Waals surface area (Å²) >= 11 is 5.83. The van der Waals surface area contributed by atoms with Crippen LogP contribution in [0.5, 0.6) is 0 Å². The van der Waals surface area contributed by atoms with E-state index in [1.54, 1.807) is 0 Å². The molecule has 0 bridgehead atoms. The molecular weight excluding hydrogens is 277 g/mol. The van der Waals surface area contributed by atoms with Gasteiger partial charge in [0.1, 0.15) is 5.02 Å². The number of benzene rings is 2. The molecule has 0 fully saturated rings. The SMILES string of the molecule is Nc1cc(N)c(NC2Cc3ccccc3C2)c(F)c1Cl. The average molecular weight is 292 g/mol. The molecule has 3 rings (SSSR count). The predicted octanol–water partition coefficient (Wildman–Crippen LogP) is 3.22. The summed E-state index contributed by atoms with van der Waals surface area (Å²) in [5.74, 6) is -0.583. The molecule has 5 heteroatoms. The fourth-order valence-electron chi connectivity index (χ4n) is 2.68. The highest BCUT2D eigenvalue weighted by molar-refractivity contribution is 6.33. The van der Waals surface area contributed by atoms with E-state index in [0.29, 0.717) is 0 Å². The predicted molar refractivity (Wildman–Crippen MR) is 81.5 cm³/mol. The van der Waals surface area contributed by atoms with E-state index in [2.05, 4.69) is 17.4 Å². The van der Waals surface area contributed by atoms with Crippen LogP contribution in [0.4, 0.5) is 21.5 Å². The molecular formula is C15H15ClFN3. The van der Waals surface area contributed by atoms with Gasteiger partial charge in [0, 0.05) is 6.04 Å². The third-order valence-corrected chi connectivity index (χ3v) is 4.05. The molecule has 104 valence electrons. The van der Waals surface area contributed by atoms with Gasteiger partial charge in [0.2, 0.25) is 0 Å². The summed E-state index contributed by atoms with van der Waals surface area (Å²) in [6.07, 6.45) is 1.69. The Morgan fingerprint density at radius 2 is 1.70 bits per heavy atom. The minimum Gasteiger partial charge on any atom is -0.397 e. The first kappa shape index (κ1) is 13.1. The second kappa shape index (κ2) is 4.87.